The Morgan fingerprint density at radius 2 is 2.07 bits per heavy atom. The topological polar surface area (TPSA) is 113 Å². The van der Waals surface area contributed by atoms with Gasteiger partial charge in [0.25, 0.3) is 0 Å². The molecule has 4 atom stereocenters. The summed E-state index contributed by atoms with van der Waals surface area (Å²) in [6, 6.07) is 0.461. The van der Waals surface area contributed by atoms with Crippen LogP contribution in [-0.4, -0.2) is 51.3 Å². The molecule has 0 radical (unpaired) electrons. The molecule has 1 aromatic rings. The molecule has 2 aliphatic carbocycles. The van der Waals surface area contributed by atoms with Crippen molar-refractivity contribution in [2.24, 2.45) is 17.8 Å². The lowest BCUT2D eigenvalue weighted by atomic mass is 9.83. The molecule has 0 spiro atoms. The van der Waals surface area contributed by atoms with Gasteiger partial charge in [-0.25, -0.2) is 9.69 Å². The third-order valence-corrected chi connectivity index (χ3v) is 6.10. The van der Waals surface area contributed by atoms with Gasteiger partial charge in [0.15, 0.2) is 5.82 Å². The second-order valence-electron chi connectivity index (χ2n) is 7.80. The van der Waals surface area contributed by atoms with E-state index in [0.29, 0.717) is 22.5 Å². The number of carbonyl (C=O) groups is 4. The largest absolute Gasteiger partial charge is 0.360 e. The molecule has 9 heteroatoms. The molecule has 0 aromatic carbocycles. The van der Waals surface area contributed by atoms with E-state index in [4.69, 9.17) is 4.52 Å². The van der Waals surface area contributed by atoms with Crippen LogP contribution in [0.15, 0.2) is 10.6 Å². The fourth-order valence-corrected chi connectivity index (χ4v) is 4.85. The van der Waals surface area contributed by atoms with Gasteiger partial charge in [0.2, 0.25) is 5.91 Å². The summed E-state index contributed by atoms with van der Waals surface area (Å²) in [5.41, 5.74) is 0. The molecule has 1 aromatic heterocycles. The predicted molar refractivity (Wildman–Crippen MR) is 92.2 cm³/mol. The van der Waals surface area contributed by atoms with Crippen molar-refractivity contribution in [1.29, 1.82) is 0 Å². The monoisotopic (exact) mass is 374 g/mol. The fourth-order valence-electron chi connectivity index (χ4n) is 4.85. The third-order valence-electron chi connectivity index (χ3n) is 6.10. The molecule has 9 nitrogen and oxygen atoms in total. The number of imide groups is 2. The Kier molecular flexibility index (Phi) is 4.24. The minimum Gasteiger partial charge on any atom is -0.360 e. The predicted octanol–water partition coefficient (Wildman–Crippen LogP) is 1.54. The summed E-state index contributed by atoms with van der Waals surface area (Å²) in [6.07, 6.45) is 4.46. The molecule has 0 unspecified atom stereocenters. The van der Waals surface area contributed by atoms with Gasteiger partial charge >= 0.3 is 17.8 Å². The number of hydrogen-bond donors (Lipinski definition) is 1. The van der Waals surface area contributed by atoms with Crippen LogP contribution in [0.2, 0.25) is 0 Å². The van der Waals surface area contributed by atoms with E-state index in [-0.39, 0.29) is 17.8 Å². The highest BCUT2D eigenvalue weighted by atomic mass is 16.5. The van der Waals surface area contributed by atoms with E-state index in [2.05, 4.69) is 10.5 Å². The van der Waals surface area contributed by atoms with Crippen LogP contribution >= 0.6 is 0 Å². The van der Waals surface area contributed by atoms with Crippen LogP contribution in [-0.2, 0) is 14.4 Å². The number of hydrogen-bond acceptors (Lipinski definition) is 6. The van der Waals surface area contributed by atoms with Gasteiger partial charge in [-0.05, 0) is 50.9 Å². The smallest absolute Gasteiger partial charge is 0.334 e. The molecule has 144 valence electrons. The molecular weight excluding hydrogens is 352 g/mol. The van der Waals surface area contributed by atoms with Crippen molar-refractivity contribution in [3.63, 3.8) is 0 Å². The van der Waals surface area contributed by atoms with Crippen molar-refractivity contribution in [1.82, 2.24) is 15.0 Å². The second kappa shape index (κ2) is 6.47. The number of nitrogens with zero attached hydrogens (tertiary/aromatic N) is 3. The summed E-state index contributed by atoms with van der Waals surface area (Å²) in [4.78, 5) is 51.3. The summed E-state index contributed by atoms with van der Waals surface area (Å²) in [5, 5.41) is 6.07. The summed E-state index contributed by atoms with van der Waals surface area (Å²) < 4.78 is 4.85. The summed E-state index contributed by atoms with van der Waals surface area (Å²) in [5.74, 6) is -0.313. The van der Waals surface area contributed by atoms with E-state index < -0.39 is 30.3 Å². The number of aromatic nitrogens is 1. The van der Waals surface area contributed by atoms with Crippen molar-refractivity contribution in [3.8, 4) is 0 Å². The van der Waals surface area contributed by atoms with Crippen molar-refractivity contribution in [3.05, 3.63) is 11.8 Å². The van der Waals surface area contributed by atoms with E-state index in [1.54, 1.807) is 6.92 Å². The van der Waals surface area contributed by atoms with Crippen LogP contribution in [0.3, 0.4) is 0 Å². The Hall–Kier alpha value is -2.71. The van der Waals surface area contributed by atoms with Crippen LogP contribution in [0.25, 0.3) is 0 Å². The molecular formula is C18H22N4O5. The lowest BCUT2D eigenvalue weighted by Gasteiger charge is -2.32. The van der Waals surface area contributed by atoms with E-state index >= 15 is 0 Å². The first-order valence-electron chi connectivity index (χ1n) is 9.27. The van der Waals surface area contributed by atoms with Gasteiger partial charge in [-0.3, -0.25) is 19.3 Å². The zero-order valence-electron chi connectivity index (χ0n) is 15.3. The molecule has 1 saturated heterocycles. The standard InChI is InChI=1S/C18H22N4O5/c1-9-5-14(20-27-9)19-15(23)8-21-16(24)17(25)22(18(21)26)10(2)13-7-11-3-4-12(13)6-11/h5,10-13H,3-4,6-8H2,1-2H3,(H,19,20,23)/t10-,11-,12-,13+/m0/s1. The highest BCUT2D eigenvalue weighted by Gasteiger charge is 2.52. The van der Waals surface area contributed by atoms with Crippen molar-refractivity contribution >= 4 is 29.6 Å². The van der Waals surface area contributed by atoms with Gasteiger partial charge in [-0.15, -0.1) is 0 Å². The molecule has 4 rings (SSSR count). The first-order chi connectivity index (χ1) is 12.8. The molecule has 2 heterocycles. The van der Waals surface area contributed by atoms with Gasteiger partial charge in [-0.1, -0.05) is 11.6 Å². The number of carbonyl (C=O) groups excluding carboxylic acids is 4. The molecule has 3 fully saturated rings. The maximum Gasteiger partial charge on any atom is 0.334 e. The summed E-state index contributed by atoms with van der Waals surface area (Å²) in [6.45, 7) is 2.97. The fraction of sp³-hybridized carbons (Fsp3) is 0.611. The molecule has 1 aliphatic heterocycles. The van der Waals surface area contributed by atoms with Gasteiger partial charge in [0.1, 0.15) is 12.3 Å². The zero-order chi connectivity index (χ0) is 19.3. The third kappa shape index (κ3) is 3.00. The maximum atomic E-state index is 12.7. The van der Waals surface area contributed by atoms with Crippen LogP contribution in [0.5, 0.6) is 0 Å². The second-order valence-corrected chi connectivity index (χ2v) is 7.80. The summed E-state index contributed by atoms with van der Waals surface area (Å²) >= 11 is 0. The van der Waals surface area contributed by atoms with Crippen LogP contribution in [0, 0.1) is 24.7 Å². The average molecular weight is 374 g/mol. The Labute approximate surface area is 156 Å². The number of nitrogens with one attached hydrogen (secondary N) is 1. The van der Waals surface area contributed by atoms with Gasteiger partial charge in [0.05, 0.1) is 0 Å². The molecule has 5 amide bonds. The molecule has 3 aliphatic rings. The lowest BCUT2D eigenvalue weighted by Crippen LogP contribution is -2.45. The zero-order valence-corrected chi connectivity index (χ0v) is 15.3. The van der Waals surface area contributed by atoms with E-state index in [0.717, 1.165) is 24.2 Å². The molecule has 2 saturated carbocycles. The van der Waals surface area contributed by atoms with E-state index in [9.17, 15) is 19.2 Å². The number of fused-ring (bicyclic) bond motifs is 2. The SMILES string of the molecule is Cc1cc(NC(=O)CN2C(=O)C(=O)N([C@@H](C)[C@H]3C[C@H]4CC[C@H]3C4)C2=O)no1. The number of aryl methyl sites for hydroxylation is 1. The van der Waals surface area contributed by atoms with Crippen LogP contribution in [0.4, 0.5) is 10.6 Å². The highest BCUT2D eigenvalue weighted by molar-refractivity contribution is 6.45. The van der Waals surface area contributed by atoms with E-state index in [1.165, 1.54) is 12.5 Å². The number of rotatable bonds is 5. The quantitative estimate of drug-likeness (QED) is 0.618. The first-order valence-corrected chi connectivity index (χ1v) is 9.27. The number of amides is 5. The van der Waals surface area contributed by atoms with Crippen LogP contribution in [0.1, 0.15) is 38.4 Å². The summed E-state index contributed by atoms with van der Waals surface area (Å²) in [7, 11) is 0. The van der Waals surface area contributed by atoms with Gasteiger partial charge < -0.3 is 9.84 Å². The molecule has 1 N–H and O–H groups in total. The molecule has 27 heavy (non-hydrogen) atoms. The Bertz CT molecular complexity index is 818. The lowest BCUT2D eigenvalue weighted by molar-refractivity contribution is -0.144. The van der Waals surface area contributed by atoms with Gasteiger partial charge in [-0.2, -0.15) is 0 Å². The van der Waals surface area contributed by atoms with E-state index in [1.807, 2.05) is 6.92 Å². The van der Waals surface area contributed by atoms with Crippen molar-refractivity contribution in [2.75, 3.05) is 11.9 Å². The van der Waals surface area contributed by atoms with Crippen LogP contribution < -0.4 is 5.32 Å². The minimum atomic E-state index is -0.957. The average Bonchev–Trinajstić information content (AvgIpc) is 3.38. The normalized spacial score (nSPS) is 28.4. The maximum absolute atomic E-state index is 12.7. The van der Waals surface area contributed by atoms with Gasteiger partial charge in [0, 0.05) is 12.1 Å². The number of anilines is 1. The van der Waals surface area contributed by atoms with Crippen molar-refractivity contribution < 1.29 is 23.7 Å². The number of urea groups is 1. The Balaban J connectivity index is 1.44. The van der Waals surface area contributed by atoms with Crippen molar-refractivity contribution in [2.45, 2.75) is 45.6 Å². The first kappa shape index (κ1) is 17.7. The minimum absolute atomic E-state index is 0.190. The Morgan fingerprint density at radius 3 is 2.67 bits per heavy atom. The molecule has 2 bridgehead atoms. The Morgan fingerprint density at radius 1 is 1.30 bits per heavy atom. The highest BCUT2D eigenvalue weighted by Crippen LogP contribution is 2.50.